The van der Waals surface area contributed by atoms with Gasteiger partial charge in [-0.2, -0.15) is 0 Å². The number of unbranched alkanes of at least 4 members (excludes halogenated alkanes) is 11. The highest BCUT2D eigenvalue weighted by molar-refractivity contribution is 5.69. The quantitative estimate of drug-likeness (QED) is 0.167. The van der Waals surface area contributed by atoms with Gasteiger partial charge < -0.3 is 9.84 Å². The van der Waals surface area contributed by atoms with E-state index >= 15 is 0 Å². The number of aliphatic hydroxyl groups excluding tert-OH is 1. The van der Waals surface area contributed by atoms with Gasteiger partial charge in [0.05, 0.1) is 0 Å². The number of carbonyl (C=O) groups excluding carboxylic acids is 1. The number of esters is 1. The second kappa shape index (κ2) is 18.2. The van der Waals surface area contributed by atoms with Crippen molar-refractivity contribution < 1.29 is 14.6 Å². The Hall–Kier alpha value is -0.570. The van der Waals surface area contributed by atoms with Gasteiger partial charge in [0.15, 0.2) is 0 Å². The molecule has 3 nitrogen and oxygen atoms in total. The van der Waals surface area contributed by atoms with E-state index in [-0.39, 0.29) is 5.97 Å². The van der Waals surface area contributed by atoms with Crippen molar-refractivity contribution in [1.82, 2.24) is 0 Å². The Morgan fingerprint density at radius 2 is 1.20 bits per heavy atom. The van der Waals surface area contributed by atoms with Crippen LogP contribution in [-0.2, 0) is 9.53 Å². The molecule has 1 atom stereocenters. The van der Waals surface area contributed by atoms with Crippen molar-refractivity contribution in [1.29, 1.82) is 0 Å². The molecule has 0 aliphatic rings. The maximum absolute atomic E-state index is 11.5. The van der Waals surface area contributed by atoms with Crippen LogP contribution in [0.4, 0.5) is 0 Å². The summed E-state index contributed by atoms with van der Waals surface area (Å²) in [4.78, 5) is 11.5. The molecule has 0 radical (unpaired) electrons. The summed E-state index contributed by atoms with van der Waals surface area (Å²) < 4.78 is 4.93. The summed E-state index contributed by atoms with van der Waals surface area (Å²) >= 11 is 0. The van der Waals surface area contributed by atoms with Crippen LogP contribution in [0.25, 0.3) is 0 Å². The van der Waals surface area contributed by atoms with Gasteiger partial charge in [0, 0.05) is 12.8 Å². The summed E-state index contributed by atoms with van der Waals surface area (Å²) in [7, 11) is 0. The molecule has 0 bridgehead atoms. The molecule has 25 heavy (non-hydrogen) atoms. The van der Waals surface area contributed by atoms with Crippen molar-refractivity contribution >= 4 is 5.97 Å². The number of rotatable bonds is 18. The van der Waals surface area contributed by atoms with Crippen molar-refractivity contribution in [2.75, 3.05) is 0 Å². The first-order chi connectivity index (χ1) is 12.1. The zero-order chi connectivity index (χ0) is 18.8. The second-order valence-corrected chi connectivity index (χ2v) is 7.91. The normalized spacial score (nSPS) is 12.5. The third-order valence-electron chi connectivity index (χ3n) is 4.72. The van der Waals surface area contributed by atoms with Crippen LogP contribution in [0.15, 0.2) is 0 Å². The minimum absolute atomic E-state index is 0.255. The molecule has 1 N–H and O–H groups in total. The Balaban J connectivity index is 3.17. The Bertz CT molecular complexity index is 289. The third-order valence-corrected chi connectivity index (χ3v) is 4.72. The number of carbonyl (C=O) groups is 1. The summed E-state index contributed by atoms with van der Waals surface area (Å²) in [5, 5.41) is 9.40. The predicted octanol–water partition coefficient (Wildman–Crippen LogP) is 6.77. The molecule has 0 rings (SSSR count). The van der Waals surface area contributed by atoms with E-state index in [0.717, 1.165) is 25.2 Å². The summed E-state index contributed by atoms with van der Waals surface area (Å²) in [6, 6.07) is 0. The molecule has 0 aromatic rings. The molecule has 0 saturated carbocycles. The van der Waals surface area contributed by atoms with E-state index in [0.29, 0.717) is 12.8 Å². The highest BCUT2D eigenvalue weighted by Crippen LogP contribution is 2.14. The van der Waals surface area contributed by atoms with Gasteiger partial charge in [-0.25, -0.2) is 0 Å². The number of aliphatic hydroxyl groups is 1. The lowest BCUT2D eigenvalue weighted by Crippen LogP contribution is -2.16. The Kier molecular flexibility index (Phi) is 17.8. The number of ether oxygens (including phenoxy) is 1. The maximum Gasteiger partial charge on any atom is 0.308 e. The molecular weight excluding hydrogens is 312 g/mol. The van der Waals surface area contributed by atoms with Gasteiger partial charge in [-0.05, 0) is 12.3 Å². The maximum atomic E-state index is 11.5. The lowest BCUT2D eigenvalue weighted by atomic mass is 10.0. The first-order valence-electron chi connectivity index (χ1n) is 10.9. The fraction of sp³-hybridized carbons (Fsp3) is 0.955. The number of hydrogen-bond acceptors (Lipinski definition) is 3. The molecule has 0 fully saturated rings. The minimum atomic E-state index is -0.910. The molecule has 3 heteroatoms. The van der Waals surface area contributed by atoms with Crippen molar-refractivity contribution in [3.63, 3.8) is 0 Å². The fourth-order valence-corrected chi connectivity index (χ4v) is 3.11. The SMILES string of the molecule is CCCC(O)OC(=O)CCCCCCCCCCCCCCC(C)C. The third kappa shape index (κ3) is 19.6. The van der Waals surface area contributed by atoms with Crippen LogP contribution in [-0.4, -0.2) is 17.4 Å². The molecule has 0 aromatic carbocycles. The van der Waals surface area contributed by atoms with Gasteiger partial charge in [-0.3, -0.25) is 4.79 Å². The Morgan fingerprint density at radius 3 is 1.64 bits per heavy atom. The van der Waals surface area contributed by atoms with Gasteiger partial charge in [-0.15, -0.1) is 0 Å². The molecule has 0 spiro atoms. The Morgan fingerprint density at radius 1 is 0.760 bits per heavy atom. The van der Waals surface area contributed by atoms with Crippen LogP contribution in [0, 0.1) is 5.92 Å². The van der Waals surface area contributed by atoms with E-state index in [2.05, 4.69) is 13.8 Å². The standard InChI is InChI=1S/C22H44O3/c1-4-17-21(23)25-22(24)19-16-14-12-10-8-6-5-7-9-11-13-15-18-20(2)3/h20-21,23H,4-19H2,1-3H3. The van der Waals surface area contributed by atoms with Crippen LogP contribution in [0.3, 0.4) is 0 Å². The second-order valence-electron chi connectivity index (χ2n) is 7.91. The van der Waals surface area contributed by atoms with E-state index in [1.165, 1.54) is 70.6 Å². The predicted molar refractivity (Wildman–Crippen MR) is 106 cm³/mol. The summed E-state index contributed by atoms with van der Waals surface area (Å²) in [6.45, 7) is 6.58. The smallest absolute Gasteiger partial charge is 0.308 e. The summed E-state index contributed by atoms with van der Waals surface area (Å²) in [5.74, 6) is 0.604. The lowest BCUT2D eigenvalue weighted by Gasteiger charge is -2.10. The van der Waals surface area contributed by atoms with Crippen LogP contribution < -0.4 is 0 Å². The van der Waals surface area contributed by atoms with Crippen molar-refractivity contribution in [3.8, 4) is 0 Å². The monoisotopic (exact) mass is 356 g/mol. The number of hydrogen-bond donors (Lipinski definition) is 1. The van der Waals surface area contributed by atoms with Gasteiger partial charge in [0.25, 0.3) is 0 Å². The topological polar surface area (TPSA) is 46.5 Å². The molecule has 0 heterocycles. The van der Waals surface area contributed by atoms with Crippen LogP contribution >= 0.6 is 0 Å². The average Bonchev–Trinajstić information content (AvgIpc) is 2.55. The lowest BCUT2D eigenvalue weighted by molar-refractivity contribution is -0.168. The molecule has 1 unspecified atom stereocenters. The summed E-state index contributed by atoms with van der Waals surface area (Å²) in [6.07, 6.45) is 17.8. The first-order valence-corrected chi connectivity index (χ1v) is 10.9. The molecular formula is C22H44O3. The zero-order valence-electron chi connectivity index (χ0n) is 17.2. The zero-order valence-corrected chi connectivity index (χ0v) is 17.2. The largest absolute Gasteiger partial charge is 0.436 e. The van der Waals surface area contributed by atoms with Crippen molar-refractivity contribution in [2.45, 2.75) is 130 Å². The van der Waals surface area contributed by atoms with E-state index in [1.807, 2.05) is 6.92 Å². The minimum Gasteiger partial charge on any atom is -0.436 e. The van der Waals surface area contributed by atoms with E-state index in [9.17, 15) is 9.90 Å². The van der Waals surface area contributed by atoms with Crippen molar-refractivity contribution in [2.24, 2.45) is 5.92 Å². The fourth-order valence-electron chi connectivity index (χ4n) is 3.11. The van der Waals surface area contributed by atoms with Gasteiger partial charge in [0.2, 0.25) is 6.29 Å². The van der Waals surface area contributed by atoms with Crippen LogP contribution in [0.5, 0.6) is 0 Å². The highest BCUT2D eigenvalue weighted by Gasteiger charge is 2.09. The van der Waals surface area contributed by atoms with Crippen LogP contribution in [0.2, 0.25) is 0 Å². The van der Waals surface area contributed by atoms with Crippen molar-refractivity contribution in [3.05, 3.63) is 0 Å². The molecule has 0 aliphatic carbocycles. The molecule has 0 amide bonds. The van der Waals surface area contributed by atoms with E-state index in [1.54, 1.807) is 0 Å². The average molecular weight is 357 g/mol. The van der Waals surface area contributed by atoms with E-state index in [4.69, 9.17) is 4.74 Å². The first kappa shape index (κ1) is 24.4. The Labute approximate surface area is 156 Å². The molecule has 0 aromatic heterocycles. The molecule has 0 saturated heterocycles. The van der Waals surface area contributed by atoms with Gasteiger partial charge in [-0.1, -0.05) is 104 Å². The highest BCUT2D eigenvalue weighted by atomic mass is 16.6. The molecule has 150 valence electrons. The van der Waals surface area contributed by atoms with Gasteiger partial charge >= 0.3 is 5.97 Å². The van der Waals surface area contributed by atoms with E-state index < -0.39 is 6.29 Å². The van der Waals surface area contributed by atoms with Gasteiger partial charge in [0.1, 0.15) is 0 Å². The van der Waals surface area contributed by atoms with Crippen LogP contribution in [0.1, 0.15) is 124 Å². The summed E-state index contributed by atoms with van der Waals surface area (Å²) in [5.41, 5.74) is 0. The molecule has 0 aliphatic heterocycles.